The van der Waals surface area contributed by atoms with Gasteiger partial charge in [0.15, 0.2) is 0 Å². The molecule has 0 fully saturated rings. The first-order valence-corrected chi connectivity index (χ1v) is 10.7. The van der Waals surface area contributed by atoms with Crippen molar-refractivity contribution in [1.82, 2.24) is 14.2 Å². The van der Waals surface area contributed by atoms with Crippen molar-refractivity contribution < 1.29 is 9.90 Å². The van der Waals surface area contributed by atoms with Gasteiger partial charge in [0.05, 0.1) is 17.1 Å². The molecule has 0 radical (unpaired) electrons. The molecule has 0 bridgehead atoms. The summed E-state index contributed by atoms with van der Waals surface area (Å²) in [5.74, 6) is -0.392. The van der Waals surface area contributed by atoms with E-state index in [-0.39, 0.29) is 11.5 Å². The molecule has 0 unspecified atom stereocenters. The summed E-state index contributed by atoms with van der Waals surface area (Å²) in [5.41, 5.74) is 1.87. The predicted molar refractivity (Wildman–Crippen MR) is 125 cm³/mol. The normalized spacial score (nSPS) is 12.9. The lowest BCUT2D eigenvalue weighted by atomic mass is 10.2. The highest BCUT2D eigenvalue weighted by Crippen LogP contribution is 2.24. The summed E-state index contributed by atoms with van der Waals surface area (Å²) < 4.78 is 3.81. The summed E-state index contributed by atoms with van der Waals surface area (Å²) >= 11 is 3.40. The highest BCUT2D eigenvalue weighted by Gasteiger charge is 2.18. The summed E-state index contributed by atoms with van der Waals surface area (Å²) in [6.45, 7) is 5.54. The summed E-state index contributed by atoms with van der Waals surface area (Å²) in [4.78, 5) is 29.4. The second kappa shape index (κ2) is 8.11. The smallest absolute Gasteiger partial charge is 0.326 e. The fourth-order valence-corrected chi connectivity index (χ4v) is 3.91. The molecule has 4 aromatic rings. The van der Waals surface area contributed by atoms with Crippen molar-refractivity contribution in [2.24, 2.45) is 5.10 Å². The third-order valence-corrected chi connectivity index (χ3v) is 5.70. The highest BCUT2D eigenvalue weighted by atomic mass is 79.9. The fraction of sp³-hybridized carbons (Fsp3) is 0.217. The van der Waals surface area contributed by atoms with Gasteiger partial charge in [-0.05, 0) is 31.2 Å². The van der Waals surface area contributed by atoms with Gasteiger partial charge in [0.2, 0.25) is 0 Å². The van der Waals surface area contributed by atoms with Crippen molar-refractivity contribution in [3.8, 4) is 0 Å². The van der Waals surface area contributed by atoms with Crippen LogP contribution in [0.2, 0.25) is 0 Å². The van der Waals surface area contributed by atoms with Gasteiger partial charge in [-0.15, -0.1) is 0 Å². The van der Waals surface area contributed by atoms with Crippen molar-refractivity contribution in [2.75, 3.05) is 0 Å². The maximum absolute atomic E-state index is 13.2. The number of para-hydroxylation sites is 1. The monoisotopic (exact) mass is 480 g/mol. The first-order chi connectivity index (χ1) is 14.8. The number of rotatable bonds is 5. The number of carbonyl (C=O) groups is 1. The molecule has 0 spiro atoms. The van der Waals surface area contributed by atoms with Crippen LogP contribution in [-0.2, 0) is 4.79 Å². The van der Waals surface area contributed by atoms with Crippen LogP contribution in [0.4, 0.5) is 0 Å². The van der Waals surface area contributed by atoms with Crippen LogP contribution in [0.1, 0.15) is 44.1 Å². The lowest BCUT2D eigenvalue weighted by Crippen LogP contribution is -2.23. The average molecular weight is 481 g/mol. The zero-order chi connectivity index (χ0) is 22.3. The van der Waals surface area contributed by atoms with Crippen molar-refractivity contribution in [3.05, 3.63) is 74.9 Å². The molecule has 31 heavy (non-hydrogen) atoms. The molecular formula is C23H21BrN4O3. The van der Waals surface area contributed by atoms with E-state index in [9.17, 15) is 14.7 Å². The first-order valence-electron chi connectivity index (χ1n) is 9.87. The largest absolute Gasteiger partial charge is 0.480 e. The Kier molecular flexibility index (Phi) is 5.49. The topological polar surface area (TPSA) is 89.5 Å². The number of aromatic nitrogens is 3. The van der Waals surface area contributed by atoms with Crippen LogP contribution in [0.15, 0.2) is 63.0 Å². The molecule has 2 heterocycles. The Labute approximate surface area is 186 Å². The minimum Gasteiger partial charge on any atom is -0.480 e. The highest BCUT2D eigenvalue weighted by molar-refractivity contribution is 9.10. The molecule has 158 valence electrons. The Morgan fingerprint density at radius 2 is 1.90 bits per heavy atom. The summed E-state index contributed by atoms with van der Waals surface area (Å²) in [6.07, 6.45) is 3.34. The SMILES string of the molecule is CC(C)c1nc2ccc(Br)cc2c(=O)n1N=Cc1cn([C@H](C)C(=O)O)c2ccccc12. The molecule has 7 nitrogen and oxygen atoms in total. The van der Waals surface area contributed by atoms with Crippen LogP contribution >= 0.6 is 15.9 Å². The van der Waals surface area contributed by atoms with Gasteiger partial charge >= 0.3 is 5.97 Å². The standard InChI is InChI=1S/C23H21BrN4O3/c1-13(2)21-26-19-9-8-16(24)10-18(19)22(29)28(21)25-11-15-12-27(14(3)23(30)31)20-7-5-4-6-17(15)20/h4-14H,1-3H3,(H,30,31)/t14-/m1/s1. The van der Waals surface area contributed by atoms with Crippen molar-refractivity contribution >= 4 is 49.9 Å². The first kappa shape index (κ1) is 21.0. The van der Waals surface area contributed by atoms with Crippen LogP contribution in [0.3, 0.4) is 0 Å². The quantitative estimate of drug-likeness (QED) is 0.416. The lowest BCUT2D eigenvalue weighted by Gasteiger charge is -2.11. The summed E-state index contributed by atoms with van der Waals surface area (Å²) in [6, 6.07) is 12.2. The van der Waals surface area contributed by atoms with E-state index < -0.39 is 12.0 Å². The predicted octanol–water partition coefficient (Wildman–Crippen LogP) is 4.76. The summed E-state index contributed by atoms with van der Waals surface area (Å²) in [5, 5.41) is 15.3. The number of aliphatic carboxylic acids is 1. The maximum Gasteiger partial charge on any atom is 0.326 e. The number of fused-ring (bicyclic) bond motifs is 2. The molecule has 4 rings (SSSR count). The van der Waals surface area contributed by atoms with E-state index in [0.29, 0.717) is 16.7 Å². The fourth-order valence-electron chi connectivity index (χ4n) is 3.55. The molecule has 0 saturated carbocycles. The number of carboxylic acids is 1. The van der Waals surface area contributed by atoms with Gasteiger partial charge in [-0.2, -0.15) is 9.78 Å². The van der Waals surface area contributed by atoms with Crippen LogP contribution in [-0.4, -0.2) is 31.5 Å². The van der Waals surface area contributed by atoms with Crippen LogP contribution in [0, 0.1) is 0 Å². The molecule has 0 amide bonds. The van der Waals surface area contributed by atoms with E-state index in [0.717, 1.165) is 20.9 Å². The van der Waals surface area contributed by atoms with Crippen LogP contribution in [0.5, 0.6) is 0 Å². The van der Waals surface area contributed by atoms with Crippen molar-refractivity contribution in [1.29, 1.82) is 0 Å². The number of halogens is 1. The van der Waals surface area contributed by atoms with Crippen LogP contribution in [0.25, 0.3) is 21.8 Å². The zero-order valence-electron chi connectivity index (χ0n) is 17.3. The van der Waals surface area contributed by atoms with Crippen LogP contribution < -0.4 is 5.56 Å². The third-order valence-electron chi connectivity index (χ3n) is 5.21. The Bertz CT molecular complexity index is 1400. The average Bonchev–Trinajstić information content (AvgIpc) is 3.11. The molecule has 0 aliphatic rings. The van der Waals surface area contributed by atoms with Crippen molar-refractivity contribution in [2.45, 2.75) is 32.7 Å². The number of hydrogen-bond acceptors (Lipinski definition) is 4. The second-order valence-corrected chi connectivity index (χ2v) is 8.59. The zero-order valence-corrected chi connectivity index (χ0v) is 18.9. The Morgan fingerprint density at radius 1 is 1.16 bits per heavy atom. The minimum absolute atomic E-state index is 0.0220. The molecule has 0 saturated heterocycles. The van der Waals surface area contributed by atoms with Gasteiger partial charge in [-0.1, -0.05) is 48.0 Å². The molecule has 2 aromatic heterocycles. The van der Waals surface area contributed by atoms with Gasteiger partial charge in [0.25, 0.3) is 5.56 Å². The van der Waals surface area contributed by atoms with E-state index in [2.05, 4.69) is 26.0 Å². The number of nitrogens with zero attached hydrogens (tertiary/aromatic N) is 4. The Morgan fingerprint density at radius 3 is 2.61 bits per heavy atom. The van der Waals surface area contributed by atoms with E-state index in [4.69, 9.17) is 0 Å². The van der Waals surface area contributed by atoms with Gasteiger partial charge in [-0.3, -0.25) is 4.79 Å². The van der Waals surface area contributed by atoms with E-state index in [1.165, 1.54) is 4.68 Å². The van der Waals surface area contributed by atoms with E-state index >= 15 is 0 Å². The lowest BCUT2D eigenvalue weighted by molar-refractivity contribution is -0.140. The molecule has 0 aliphatic heterocycles. The minimum atomic E-state index is -0.924. The van der Waals surface area contributed by atoms with E-state index in [1.54, 1.807) is 30.0 Å². The Hall–Kier alpha value is -3.26. The molecule has 1 N–H and O–H groups in total. The third kappa shape index (κ3) is 3.79. The molecule has 0 aliphatic carbocycles. The van der Waals surface area contributed by atoms with E-state index in [1.807, 2.05) is 50.2 Å². The van der Waals surface area contributed by atoms with Gasteiger partial charge in [0, 0.05) is 33.1 Å². The summed E-state index contributed by atoms with van der Waals surface area (Å²) in [7, 11) is 0. The van der Waals surface area contributed by atoms with Gasteiger partial charge < -0.3 is 9.67 Å². The van der Waals surface area contributed by atoms with Gasteiger partial charge in [0.1, 0.15) is 11.9 Å². The molecule has 8 heteroatoms. The van der Waals surface area contributed by atoms with Gasteiger partial charge in [-0.25, -0.2) is 9.78 Å². The molecule has 2 aromatic carbocycles. The second-order valence-electron chi connectivity index (χ2n) is 7.67. The van der Waals surface area contributed by atoms with Crippen molar-refractivity contribution in [3.63, 3.8) is 0 Å². The molecular weight excluding hydrogens is 460 g/mol. The number of benzene rings is 2. The molecule has 1 atom stereocenters. The number of carboxylic acid groups (broad SMARTS) is 1. The Balaban J connectivity index is 1.90. The number of hydrogen-bond donors (Lipinski definition) is 1. The maximum atomic E-state index is 13.2.